The van der Waals surface area contributed by atoms with Crippen LogP contribution in [0.3, 0.4) is 0 Å². The third kappa shape index (κ3) is 5.00. The maximum atomic E-state index is 9.15. The van der Waals surface area contributed by atoms with Gasteiger partial charge in [0.25, 0.3) is 0 Å². The molecule has 0 amide bonds. The number of β-amino-alcohol motifs (C(OH)–C–C–N with tert-alkyl or cyclic N) is 1. The van der Waals surface area contributed by atoms with Crippen LogP contribution in [0.2, 0.25) is 6.32 Å². The number of nitrogens with two attached hydrogens (primary N) is 1. The van der Waals surface area contributed by atoms with Crippen molar-refractivity contribution in [2.45, 2.75) is 50.6 Å². The smallest absolute Gasteiger partial charge is 0.101 e. The van der Waals surface area contributed by atoms with Gasteiger partial charge in [0.2, 0.25) is 0 Å². The number of nitrogens with zero attached hydrogens (tertiary/aromatic N) is 1. The minimum Gasteiger partial charge on any atom is -0.390 e. The third-order valence-corrected chi connectivity index (χ3v) is 3.29. The van der Waals surface area contributed by atoms with Crippen molar-refractivity contribution in [3.05, 3.63) is 0 Å². The zero-order valence-electron chi connectivity index (χ0n) is 10.2. The van der Waals surface area contributed by atoms with Crippen molar-refractivity contribution in [3.63, 3.8) is 0 Å². The van der Waals surface area contributed by atoms with E-state index in [4.69, 9.17) is 10.8 Å². The van der Waals surface area contributed by atoms with Crippen LogP contribution in [0.1, 0.15) is 32.6 Å². The molecular weight excluding hydrogens is 187 g/mol. The van der Waals surface area contributed by atoms with Gasteiger partial charge >= 0.3 is 0 Å². The Hall–Kier alpha value is -0.0551. The van der Waals surface area contributed by atoms with E-state index >= 15 is 0 Å². The summed E-state index contributed by atoms with van der Waals surface area (Å²) in [6, 6.07) is 0. The van der Waals surface area contributed by atoms with Crippen LogP contribution in [-0.2, 0) is 0 Å². The van der Waals surface area contributed by atoms with E-state index in [2.05, 4.69) is 19.7 Å². The molecule has 4 heteroatoms. The van der Waals surface area contributed by atoms with E-state index < -0.39 is 0 Å². The van der Waals surface area contributed by atoms with Gasteiger partial charge in [-0.15, -0.1) is 0 Å². The minimum atomic E-state index is -0.0888. The molecule has 1 atom stereocenters. The molecule has 3 N–H and O–H groups in total. The van der Waals surface area contributed by atoms with Crippen molar-refractivity contribution < 1.29 is 5.11 Å². The largest absolute Gasteiger partial charge is 0.390 e. The highest BCUT2D eigenvalue weighted by Crippen LogP contribution is 2.18. The number of hydrogen-bond acceptors (Lipinski definition) is 3. The predicted octanol–water partition coefficient (Wildman–Crippen LogP) is -0.00790. The first-order valence-electron chi connectivity index (χ1n) is 6.23. The molecule has 1 fully saturated rings. The third-order valence-electron chi connectivity index (χ3n) is 3.29. The number of aliphatic hydroxyl groups is 1. The van der Waals surface area contributed by atoms with Crippen LogP contribution in [0.25, 0.3) is 0 Å². The summed E-state index contributed by atoms with van der Waals surface area (Å²) in [4.78, 5) is 2.27. The van der Waals surface area contributed by atoms with Crippen molar-refractivity contribution in [1.29, 1.82) is 0 Å². The summed E-state index contributed by atoms with van der Waals surface area (Å²) in [6.07, 6.45) is 5.87. The molecule has 1 rings (SSSR count). The van der Waals surface area contributed by atoms with Gasteiger partial charge in [-0.1, -0.05) is 19.2 Å². The molecule has 0 aromatic rings. The Morgan fingerprint density at radius 1 is 1.40 bits per heavy atom. The van der Waals surface area contributed by atoms with E-state index in [1.54, 1.807) is 0 Å². The normalized spacial score (nSPS) is 22.3. The second-order valence-corrected chi connectivity index (χ2v) is 5.27. The lowest BCUT2D eigenvalue weighted by molar-refractivity contribution is -0.00142. The summed E-state index contributed by atoms with van der Waals surface area (Å²) in [5, 5.41) is 9.15. The first kappa shape index (κ1) is 13.0. The van der Waals surface area contributed by atoms with Crippen molar-refractivity contribution >= 4 is 7.85 Å². The Morgan fingerprint density at radius 2 is 2.07 bits per heavy atom. The molecule has 1 aliphatic rings. The molecule has 0 saturated carbocycles. The Kier molecular flexibility index (Phi) is 5.10. The molecule has 0 aliphatic carbocycles. The van der Waals surface area contributed by atoms with Gasteiger partial charge in [0.1, 0.15) is 7.85 Å². The summed E-state index contributed by atoms with van der Waals surface area (Å²) in [7, 11) is 2.22. The van der Waals surface area contributed by atoms with Crippen LogP contribution in [-0.4, -0.2) is 49.1 Å². The van der Waals surface area contributed by atoms with Gasteiger partial charge in [-0.05, 0) is 19.8 Å². The van der Waals surface area contributed by atoms with E-state index in [-0.39, 0.29) is 11.6 Å². The molecule has 0 spiro atoms. The Balaban J connectivity index is 2.07. The first-order valence-corrected chi connectivity index (χ1v) is 6.23. The van der Waals surface area contributed by atoms with Crippen LogP contribution in [0.4, 0.5) is 0 Å². The molecular formula is C11H25BN2O. The summed E-state index contributed by atoms with van der Waals surface area (Å²) in [6.45, 7) is 4.87. The van der Waals surface area contributed by atoms with Gasteiger partial charge in [0, 0.05) is 25.2 Å². The maximum absolute atomic E-state index is 9.15. The Labute approximate surface area is 94.4 Å². The van der Waals surface area contributed by atoms with Crippen LogP contribution >= 0.6 is 0 Å². The van der Waals surface area contributed by atoms with Crippen molar-refractivity contribution in [2.75, 3.05) is 19.6 Å². The van der Waals surface area contributed by atoms with E-state index in [0.717, 1.165) is 32.5 Å². The standard InChI is InChI=1S/C11H25BN2O/c1-11(13,4-2-3-6-12)5-7-14-8-10(15)9-14/h10,15H,2-9,12-13H2,1H3. The zero-order valence-corrected chi connectivity index (χ0v) is 10.2. The first-order chi connectivity index (χ1) is 7.03. The zero-order chi connectivity index (χ0) is 11.3. The number of unbranched alkanes of at least 4 members (excludes halogenated alkanes) is 1. The van der Waals surface area contributed by atoms with Gasteiger partial charge in [0.15, 0.2) is 0 Å². The second kappa shape index (κ2) is 5.87. The fourth-order valence-electron chi connectivity index (χ4n) is 2.04. The lowest BCUT2D eigenvalue weighted by Crippen LogP contribution is -2.52. The van der Waals surface area contributed by atoms with E-state index in [0.29, 0.717) is 0 Å². The average Bonchev–Trinajstić information content (AvgIpc) is 2.11. The van der Waals surface area contributed by atoms with Gasteiger partial charge in [-0.2, -0.15) is 0 Å². The van der Waals surface area contributed by atoms with Gasteiger partial charge < -0.3 is 10.8 Å². The summed E-state index contributed by atoms with van der Waals surface area (Å²) < 4.78 is 0. The topological polar surface area (TPSA) is 49.5 Å². The number of aliphatic hydroxyl groups excluding tert-OH is 1. The lowest BCUT2D eigenvalue weighted by Gasteiger charge is -2.38. The average molecular weight is 212 g/mol. The summed E-state index contributed by atoms with van der Waals surface area (Å²) >= 11 is 0. The number of likely N-dealkylation sites (tertiary alicyclic amines) is 1. The summed E-state index contributed by atoms with van der Waals surface area (Å²) in [5.41, 5.74) is 6.21. The SMILES string of the molecule is BCCCCC(C)(N)CCN1CC(O)C1. The molecule has 0 radical (unpaired) electrons. The monoisotopic (exact) mass is 212 g/mol. The Bertz CT molecular complexity index is 181. The van der Waals surface area contributed by atoms with E-state index in [1.807, 2.05) is 0 Å². The van der Waals surface area contributed by atoms with Crippen molar-refractivity contribution in [1.82, 2.24) is 4.90 Å². The van der Waals surface area contributed by atoms with E-state index in [1.165, 1.54) is 19.2 Å². The molecule has 1 heterocycles. The highest BCUT2D eigenvalue weighted by Gasteiger charge is 2.26. The molecule has 0 aromatic carbocycles. The molecule has 1 saturated heterocycles. The van der Waals surface area contributed by atoms with Gasteiger partial charge in [-0.25, -0.2) is 0 Å². The van der Waals surface area contributed by atoms with Gasteiger partial charge in [0.05, 0.1) is 6.10 Å². The van der Waals surface area contributed by atoms with Crippen LogP contribution in [0.5, 0.6) is 0 Å². The molecule has 0 aromatic heterocycles. The lowest BCUT2D eigenvalue weighted by atomic mass is 9.89. The molecule has 15 heavy (non-hydrogen) atoms. The fourth-order valence-corrected chi connectivity index (χ4v) is 2.04. The number of rotatable bonds is 7. The minimum absolute atomic E-state index is 0.0181. The maximum Gasteiger partial charge on any atom is 0.101 e. The van der Waals surface area contributed by atoms with E-state index in [9.17, 15) is 0 Å². The van der Waals surface area contributed by atoms with Crippen LogP contribution in [0.15, 0.2) is 0 Å². The molecule has 1 aliphatic heterocycles. The van der Waals surface area contributed by atoms with Gasteiger partial charge in [-0.3, -0.25) is 4.90 Å². The van der Waals surface area contributed by atoms with Crippen LogP contribution < -0.4 is 5.73 Å². The fraction of sp³-hybridized carbons (Fsp3) is 1.00. The van der Waals surface area contributed by atoms with Crippen molar-refractivity contribution in [2.24, 2.45) is 5.73 Å². The highest BCUT2D eigenvalue weighted by atomic mass is 16.3. The molecule has 3 nitrogen and oxygen atoms in total. The molecule has 88 valence electrons. The quantitative estimate of drug-likeness (QED) is 0.461. The molecule has 0 bridgehead atoms. The Morgan fingerprint density at radius 3 is 2.60 bits per heavy atom. The second-order valence-electron chi connectivity index (χ2n) is 5.27. The summed E-state index contributed by atoms with van der Waals surface area (Å²) in [5.74, 6) is 0. The van der Waals surface area contributed by atoms with Crippen molar-refractivity contribution in [3.8, 4) is 0 Å². The predicted molar refractivity (Wildman–Crippen MR) is 66.9 cm³/mol. The molecule has 1 unspecified atom stereocenters. The highest BCUT2D eigenvalue weighted by molar-refractivity contribution is 6.08. The van der Waals surface area contributed by atoms with Crippen LogP contribution in [0, 0.1) is 0 Å². The number of hydrogen-bond donors (Lipinski definition) is 2.